The van der Waals surface area contributed by atoms with E-state index in [1.807, 2.05) is 0 Å². The molecule has 0 aliphatic rings. The van der Waals surface area contributed by atoms with Gasteiger partial charge in [-0.3, -0.25) is 10.1 Å². The molecule has 0 saturated carbocycles. The summed E-state index contributed by atoms with van der Waals surface area (Å²) in [6, 6.07) is 11.6. The molecular weight excluding hydrogens is 260 g/mol. The van der Waals surface area contributed by atoms with Crippen molar-refractivity contribution in [2.24, 2.45) is 0 Å². The van der Waals surface area contributed by atoms with Crippen LogP contribution in [0.2, 0.25) is 0 Å². The number of rotatable bonds is 5. The van der Waals surface area contributed by atoms with Crippen LogP contribution in [0, 0.1) is 10.1 Å². The van der Waals surface area contributed by atoms with Crippen LogP contribution in [-0.2, 0) is 13.2 Å². The summed E-state index contributed by atoms with van der Waals surface area (Å²) < 4.78 is 5.57. The van der Waals surface area contributed by atoms with Crippen LogP contribution in [0.15, 0.2) is 42.5 Å². The van der Waals surface area contributed by atoms with E-state index in [9.17, 15) is 15.2 Å². The molecule has 20 heavy (non-hydrogen) atoms. The zero-order valence-electron chi connectivity index (χ0n) is 10.7. The van der Waals surface area contributed by atoms with Crippen molar-refractivity contribution in [1.82, 2.24) is 0 Å². The maximum absolute atomic E-state index is 10.8. The Hall–Kier alpha value is -2.60. The fourth-order valence-electron chi connectivity index (χ4n) is 1.77. The zero-order valence-corrected chi connectivity index (χ0v) is 10.7. The maximum atomic E-state index is 10.8. The average molecular weight is 274 g/mol. The first-order valence-corrected chi connectivity index (χ1v) is 5.96. The van der Waals surface area contributed by atoms with E-state index in [0.717, 1.165) is 0 Å². The van der Waals surface area contributed by atoms with Crippen LogP contribution in [0.4, 0.5) is 11.4 Å². The Morgan fingerprint density at radius 3 is 2.70 bits per heavy atom. The van der Waals surface area contributed by atoms with Gasteiger partial charge in [-0.25, -0.2) is 0 Å². The summed E-state index contributed by atoms with van der Waals surface area (Å²) >= 11 is 0. The summed E-state index contributed by atoms with van der Waals surface area (Å²) in [6.07, 6.45) is 0. The van der Waals surface area contributed by atoms with E-state index in [1.165, 1.54) is 12.1 Å². The van der Waals surface area contributed by atoms with E-state index >= 15 is 0 Å². The number of nitro benzene ring substituents is 1. The number of para-hydroxylation sites is 1. The Morgan fingerprint density at radius 2 is 2.00 bits per heavy atom. The number of nitro groups is 1. The summed E-state index contributed by atoms with van der Waals surface area (Å²) in [5.41, 5.74) is 6.81. The molecule has 6 heteroatoms. The molecule has 0 amide bonds. The third-order valence-electron chi connectivity index (χ3n) is 2.83. The first-order chi connectivity index (χ1) is 9.61. The Labute approximate surface area is 115 Å². The van der Waals surface area contributed by atoms with Crippen molar-refractivity contribution < 1.29 is 14.8 Å². The fourth-order valence-corrected chi connectivity index (χ4v) is 1.77. The van der Waals surface area contributed by atoms with Crippen LogP contribution >= 0.6 is 0 Å². The van der Waals surface area contributed by atoms with E-state index in [-0.39, 0.29) is 24.6 Å². The molecule has 0 radical (unpaired) electrons. The maximum Gasteiger partial charge on any atom is 0.292 e. The lowest BCUT2D eigenvalue weighted by Crippen LogP contribution is -2.01. The van der Waals surface area contributed by atoms with Gasteiger partial charge in [-0.05, 0) is 17.7 Å². The van der Waals surface area contributed by atoms with Gasteiger partial charge in [-0.2, -0.15) is 0 Å². The highest BCUT2D eigenvalue weighted by Gasteiger charge is 2.12. The van der Waals surface area contributed by atoms with Crippen LogP contribution in [0.3, 0.4) is 0 Å². The Bertz CT molecular complexity index is 628. The van der Waals surface area contributed by atoms with Gasteiger partial charge in [-0.15, -0.1) is 0 Å². The molecule has 0 aromatic heterocycles. The van der Waals surface area contributed by atoms with Crippen molar-refractivity contribution in [2.45, 2.75) is 13.2 Å². The van der Waals surface area contributed by atoms with Gasteiger partial charge in [0.15, 0.2) is 0 Å². The highest BCUT2D eigenvalue weighted by molar-refractivity contribution is 5.59. The number of nitrogens with two attached hydrogens (primary N) is 1. The molecule has 6 nitrogen and oxygen atoms in total. The number of ether oxygens (including phenoxy) is 1. The van der Waals surface area contributed by atoms with Gasteiger partial charge in [0.05, 0.1) is 11.5 Å². The number of hydrogen-bond acceptors (Lipinski definition) is 5. The summed E-state index contributed by atoms with van der Waals surface area (Å²) in [4.78, 5) is 10.3. The number of nitrogens with zero attached hydrogens (tertiary/aromatic N) is 1. The van der Waals surface area contributed by atoms with Gasteiger partial charge in [-0.1, -0.05) is 24.3 Å². The predicted molar refractivity (Wildman–Crippen MR) is 74.2 cm³/mol. The molecule has 0 atom stereocenters. The van der Waals surface area contributed by atoms with Crippen LogP contribution in [0.5, 0.6) is 5.75 Å². The van der Waals surface area contributed by atoms with Crippen molar-refractivity contribution in [2.75, 3.05) is 5.73 Å². The largest absolute Gasteiger partial charge is 0.489 e. The van der Waals surface area contributed by atoms with E-state index in [4.69, 9.17) is 10.5 Å². The fraction of sp³-hybridized carbons (Fsp3) is 0.143. The van der Waals surface area contributed by atoms with Crippen LogP contribution in [0.25, 0.3) is 0 Å². The summed E-state index contributed by atoms with van der Waals surface area (Å²) in [5, 5.41) is 20.0. The molecule has 2 aromatic rings. The molecule has 2 aromatic carbocycles. The third-order valence-corrected chi connectivity index (χ3v) is 2.83. The number of hydrogen-bond donors (Lipinski definition) is 2. The lowest BCUT2D eigenvalue weighted by atomic mass is 10.2. The van der Waals surface area contributed by atoms with Crippen molar-refractivity contribution in [3.8, 4) is 5.75 Å². The quantitative estimate of drug-likeness (QED) is 0.495. The Kier molecular flexibility index (Phi) is 4.17. The van der Waals surface area contributed by atoms with E-state index in [1.54, 1.807) is 30.3 Å². The standard InChI is InChI=1S/C14H14N2O4/c15-12-6-5-10(7-13(12)16(18)19)9-20-14-4-2-1-3-11(14)8-17/h1-7,17H,8-9,15H2. The molecular formula is C14H14N2O4. The SMILES string of the molecule is Nc1ccc(COc2ccccc2CO)cc1[N+](=O)[O-]. The third kappa shape index (κ3) is 3.04. The van der Waals surface area contributed by atoms with Gasteiger partial charge in [0, 0.05) is 11.6 Å². The van der Waals surface area contributed by atoms with Crippen LogP contribution in [-0.4, -0.2) is 10.0 Å². The molecule has 2 rings (SSSR count). The lowest BCUT2D eigenvalue weighted by molar-refractivity contribution is -0.384. The second kappa shape index (κ2) is 6.03. The lowest BCUT2D eigenvalue weighted by Gasteiger charge is -2.10. The normalized spacial score (nSPS) is 10.2. The van der Waals surface area contributed by atoms with Gasteiger partial charge < -0.3 is 15.6 Å². The minimum Gasteiger partial charge on any atom is -0.489 e. The Balaban J connectivity index is 2.15. The van der Waals surface area contributed by atoms with Gasteiger partial charge >= 0.3 is 0 Å². The smallest absolute Gasteiger partial charge is 0.292 e. The molecule has 0 saturated heterocycles. The number of nitrogen functional groups attached to an aromatic ring is 1. The summed E-state index contributed by atoms with van der Waals surface area (Å²) in [7, 11) is 0. The number of benzene rings is 2. The molecule has 0 heterocycles. The van der Waals surface area contributed by atoms with Crippen LogP contribution < -0.4 is 10.5 Å². The van der Waals surface area contributed by atoms with E-state index in [2.05, 4.69) is 0 Å². The average Bonchev–Trinajstić information content (AvgIpc) is 2.46. The Morgan fingerprint density at radius 1 is 1.25 bits per heavy atom. The molecule has 0 bridgehead atoms. The highest BCUT2D eigenvalue weighted by atomic mass is 16.6. The highest BCUT2D eigenvalue weighted by Crippen LogP contribution is 2.24. The zero-order chi connectivity index (χ0) is 14.5. The minimum atomic E-state index is -0.527. The van der Waals surface area contributed by atoms with Crippen LogP contribution in [0.1, 0.15) is 11.1 Å². The van der Waals surface area contributed by atoms with Crippen molar-refractivity contribution >= 4 is 11.4 Å². The molecule has 0 unspecified atom stereocenters. The molecule has 0 fully saturated rings. The molecule has 0 aliphatic carbocycles. The summed E-state index contributed by atoms with van der Waals surface area (Å²) in [6.45, 7) is 0.0379. The second-order valence-electron chi connectivity index (χ2n) is 4.20. The number of aliphatic hydroxyl groups excluding tert-OH is 1. The van der Waals surface area contributed by atoms with Crippen molar-refractivity contribution in [1.29, 1.82) is 0 Å². The minimum absolute atomic E-state index is 0.120. The van der Waals surface area contributed by atoms with Crippen molar-refractivity contribution in [3.05, 3.63) is 63.7 Å². The molecule has 104 valence electrons. The monoisotopic (exact) mass is 274 g/mol. The topological polar surface area (TPSA) is 98.6 Å². The first kappa shape index (κ1) is 13.8. The van der Waals surface area contributed by atoms with Gasteiger partial charge in [0.25, 0.3) is 5.69 Å². The predicted octanol–water partition coefficient (Wildman–Crippen LogP) is 2.25. The molecule has 0 spiro atoms. The summed E-state index contributed by atoms with van der Waals surface area (Å²) in [5.74, 6) is 0.550. The second-order valence-corrected chi connectivity index (χ2v) is 4.20. The van der Waals surface area contributed by atoms with E-state index < -0.39 is 4.92 Å². The van der Waals surface area contributed by atoms with Crippen molar-refractivity contribution in [3.63, 3.8) is 0 Å². The molecule has 3 N–H and O–H groups in total. The van der Waals surface area contributed by atoms with Gasteiger partial charge in [0.1, 0.15) is 18.0 Å². The first-order valence-electron chi connectivity index (χ1n) is 5.96. The van der Waals surface area contributed by atoms with E-state index in [0.29, 0.717) is 16.9 Å². The number of aliphatic hydroxyl groups is 1. The molecule has 0 aliphatic heterocycles. The van der Waals surface area contributed by atoms with Gasteiger partial charge in [0.2, 0.25) is 0 Å². The number of anilines is 1.